The minimum absolute atomic E-state index is 0.399. The molecule has 0 amide bonds. The van der Waals surface area contributed by atoms with Crippen molar-refractivity contribution in [3.63, 3.8) is 0 Å². The maximum absolute atomic E-state index is 8.63. The Morgan fingerprint density at radius 1 is 1.54 bits per heavy atom. The summed E-state index contributed by atoms with van der Waals surface area (Å²) in [7, 11) is 0. The van der Waals surface area contributed by atoms with Gasteiger partial charge in [0.2, 0.25) is 0 Å². The molecular formula is C10H17N3. The van der Waals surface area contributed by atoms with Crippen molar-refractivity contribution in [2.24, 2.45) is 10.7 Å². The third-order valence-corrected chi connectivity index (χ3v) is 1.71. The van der Waals surface area contributed by atoms with E-state index >= 15 is 0 Å². The van der Waals surface area contributed by atoms with Gasteiger partial charge in [-0.15, -0.1) is 0 Å². The predicted molar refractivity (Wildman–Crippen MR) is 55.4 cm³/mol. The maximum Gasteiger partial charge on any atom is 0.147 e. The number of allylic oxidation sites excluding steroid dienone is 1. The lowest BCUT2D eigenvalue weighted by Crippen LogP contribution is -2.00. The van der Waals surface area contributed by atoms with Crippen molar-refractivity contribution >= 4 is 6.21 Å². The Kier molecular flexibility index (Phi) is 4.83. The molecule has 0 radical (unpaired) electrons. The van der Waals surface area contributed by atoms with Gasteiger partial charge in [-0.2, -0.15) is 5.26 Å². The molecule has 0 aromatic heterocycles. The minimum atomic E-state index is -0.399. The van der Waals surface area contributed by atoms with Crippen LogP contribution in [0.15, 0.2) is 16.8 Å². The van der Waals surface area contributed by atoms with Crippen LogP contribution < -0.4 is 5.73 Å². The van der Waals surface area contributed by atoms with Gasteiger partial charge in [0.15, 0.2) is 0 Å². The summed E-state index contributed by atoms with van der Waals surface area (Å²) in [6.07, 6.45) is 4.92. The van der Waals surface area contributed by atoms with E-state index < -0.39 is 5.54 Å². The van der Waals surface area contributed by atoms with E-state index in [0.717, 1.165) is 18.4 Å². The largest absolute Gasteiger partial charge is 0.404 e. The van der Waals surface area contributed by atoms with Crippen LogP contribution in [-0.2, 0) is 0 Å². The molecule has 0 bridgehead atoms. The average Bonchev–Trinajstić information content (AvgIpc) is 2.98. The number of nitrogens with two attached hydrogens (primary N) is 1. The minimum Gasteiger partial charge on any atom is -0.404 e. The molecule has 2 N–H and O–H groups in total. The van der Waals surface area contributed by atoms with Crippen LogP contribution in [0, 0.1) is 11.3 Å². The van der Waals surface area contributed by atoms with Gasteiger partial charge in [-0.3, -0.25) is 4.99 Å². The Morgan fingerprint density at radius 2 is 2.08 bits per heavy atom. The molecular weight excluding hydrogens is 162 g/mol. The zero-order valence-corrected chi connectivity index (χ0v) is 8.54. The molecule has 3 nitrogen and oxygen atoms in total. The van der Waals surface area contributed by atoms with E-state index in [4.69, 9.17) is 11.0 Å². The van der Waals surface area contributed by atoms with E-state index in [9.17, 15) is 0 Å². The fourth-order valence-corrected chi connectivity index (χ4v) is 0.657. The van der Waals surface area contributed by atoms with Crippen molar-refractivity contribution in [1.29, 1.82) is 5.26 Å². The lowest BCUT2D eigenvalue weighted by atomic mass is 10.3. The Hall–Kier alpha value is -1.30. The Balaban J connectivity index is 0.000000671. The molecule has 72 valence electrons. The monoisotopic (exact) mass is 179 g/mol. The van der Waals surface area contributed by atoms with Crippen molar-refractivity contribution in [2.75, 3.05) is 0 Å². The lowest BCUT2D eigenvalue weighted by Gasteiger charge is -1.94. The molecule has 1 fully saturated rings. The van der Waals surface area contributed by atoms with E-state index in [0.29, 0.717) is 0 Å². The highest BCUT2D eigenvalue weighted by atomic mass is 14.9. The molecule has 0 aromatic carbocycles. The lowest BCUT2D eigenvalue weighted by molar-refractivity contribution is 0.879. The van der Waals surface area contributed by atoms with Gasteiger partial charge in [0.25, 0.3) is 0 Å². The molecule has 0 saturated heterocycles. The van der Waals surface area contributed by atoms with Gasteiger partial charge in [-0.25, -0.2) is 0 Å². The number of aliphatic imine (C=N–C) groups is 1. The zero-order valence-electron chi connectivity index (χ0n) is 8.54. The van der Waals surface area contributed by atoms with E-state index in [1.54, 1.807) is 6.21 Å². The van der Waals surface area contributed by atoms with Gasteiger partial charge in [0.1, 0.15) is 5.54 Å². The topological polar surface area (TPSA) is 62.2 Å². The second kappa shape index (κ2) is 5.36. The van der Waals surface area contributed by atoms with Crippen molar-refractivity contribution in [3.8, 4) is 6.07 Å². The van der Waals surface area contributed by atoms with Gasteiger partial charge < -0.3 is 5.73 Å². The fraction of sp³-hybridized carbons (Fsp3) is 0.600. The molecule has 3 heteroatoms. The van der Waals surface area contributed by atoms with E-state index in [1.165, 1.54) is 6.20 Å². The standard InChI is InChI=1S/C8H11N3.C2H6/c1-7(4-9)5-11-8(6-10)2-3-8;1-2/h4-5H,2-3,9H2,1H3;1-2H3/b7-4-,11-5?;. The summed E-state index contributed by atoms with van der Waals surface area (Å²) < 4.78 is 0. The van der Waals surface area contributed by atoms with Crippen LogP contribution in [0.1, 0.15) is 33.6 Å². The first-order valence-corrected chi connectivity index (χ1v) is 4.57. The summed E-state index contributed by atoms with van der Waals surface area (Å²) >= 11 is 0. The van der Waals surface area contributed by atoms with Gasteiger partial charge >= 0.3 is 0 Å². The van der Waals surface area contributed by atoms with Crippen LogP contribution in [0.4, 0.5) is 0 Å². The quantitative estimate of drug-likeness (QED) is 0.659. The molecule has 1 aliphatic carbocycles. The molecule has 0 atom stereocenters. The van der Waals surface area contributed by atoms with Crippen LogP contribution in [0.25, 0.3) is 0 Å². The molecule has 1 rings (SSSR count). The van der Waals surface area contributed by atoms with Gasteiger partial charge in [0, 0.05) is 6.21 Å². The Bertz CT molecular complexity index is 241. The number of hydrogen-bond donors (Lipinski definition) is 1. The molecule has 1 saturated carbocycles. The molecule has 0 heterocycles. The van der Waals surface area contributed by atoms with Gasteiger partial charge in [0.05, 0.1) is 6.07 Å². The third-order valence-electron chi connectivity index (χ3n) is 1.71. The highest BCUT2D eigenvalue weighted by Gasteiger charge is 2.42. The van der Waals surface area contributed by atoms with Crippen molar-refractivity contribution in [2.45, 2.75) is 39.2 Å². The third kappa shape index (κ3) is 3.75. The second-order valence-electron chi connectivity index (χ2n) is 2.81. The van der Waals surface area contributed by atoms with E-state index in [1.807, 2.05) is 20.8 Å². The second-order valence-corrected chi connectivity index (χ2v) is 2.81. The first-order chi connectivity index (χ1) is 6.22. The molecule has 1 aliphatic rings. The van der Waals surface area contributed by atoms with Crippen LogP contribution in [0.3, 0.4) is 0 Å². The molecule has 0 aliphatic heterocycles. The number of rotatable bonds is 2. The summed E-state index contributed by atoms with van der Waals surface area (Å²) in [5.41, 5.74) is 5.72. The van der Waals surface area contributed by atoms with Crippen LogP contribution in [-0.4, -0.2) is 11.8 Å². The smallest absolute Gasteiger partial charge is 0.147 e. The average molecular weight is 179 g/mol. The number of hydrogen-bond acceptors (Lipinski definition) is 3. The summed E-state index contributed by atoms with van der Waals surface area (Å²) in [6.45, 7) is 5.86. The fourth-order valence-electron chi connectivity index (χ4n) is 0.657. The van der Waals surface area contributed by atoms with Crippen LogP contribution in [0.5, 0.6) is 0 Å². The summed E-state index contributed by atoms with van der Waals surface area (Å²) in [5, 5.41) is 8.63. The summed E-state index contributed by atoms with van der Waals surface area (Å²) in [5.74, 6) is 0. The van der Waals surface area contributed by atoms with Crippen molar-refractivity contribution in [3.05, 3.63) is 11.8 Å². The van der Waals surface area contributed by atoms with Crippen molar-refractivity contribution < 1.29 is 0 Å². The van der Waals surface area contributed by atoms with Crippen LogP contribution in [0.2, 0.25) is 0 Å². The first kappa shape index (κ1) is 11.7. The zero-order chi connectivity index (χ0) is 10.3. The highest BCUT2D eigenvalue weighted by Crippen LogP contribution is 2.38. The highest BCUT2D eigenvalue weighted by molar-refractivity contribution is 5.78. The Labute approximate surface area is 80.0 Å². The Morgan fingerprint density at radius 3 is 2.38 bits per heavy atom. The van der Waals surface area contributed by atoms with E-state index in [-0.39, 0.29) is 0 Å². The van der Waals surface area contributed by atoms with Gasteiger partial charge in [-0.1, -0.05) is 13.8 Å². The molecule has 13 heavy (non-hydrogen) atoms. The molecule has 0 spiro atoms. The predicted octanol–water partition coefficient (Wildman–Crippen LogP) is 2.00. The SMILES string of the molecule is C/C(C=NC1(C#N)CC1)=C/N.CC. The maximum atomic E-state index is 8.63. The van der Waals surface area contributed by atoms with Crippen LogP contribution >= 0.6 is 0 Å². The van der Waals surface area contributed by atoms with Gasteiger partial charge in [-0.05, 0) is 31.5 Å². The van der Waals surface area contributed by atoms with E-state index in [2.05, 4.69) is 11.1 Å². The summed E-state index contributed by atoms with van der Waals surface area (Å²) in [4.78, 5) is 4.12. The van der Waals surface area contributed by atoms with Crippen molar-refractivity contribution in [1.82, 2.24) is 0 Å². The number of nitriles is 1. The normalized spacial score (nSPS) is 18.8. The summed E-state index contributed by atoms with van der Waals surface area (Å²) in [6, 6.07) is 2.17. The first-order valence-electron chi connectivity index (χ1n) is 4.57. The number of nitrogens with zero attached hydrogens (tertiary/aromatic N) is 2. The molecule has 0 aromatic rings. The molecule has 0 unspecified atom stereocenters.